The molecule has 2 heterocycles. The second kappa shape index (κ2) is 11.0. The smallest absolute Gasteiger partial charge is 0.360 e. The Kier molecular flexibility index (Phi) is 8.31. The first-order chi connectivity index (χ1) is 17.0. The summed E-state index contributed by atoms with van der Waals surface area (Å²) in [5.41, 5.74) is -0.975. The van der Waals surface area contributed by atoms with Crippen LogP contribution in [0.25, 0.3) is 10.7 Å². The molecule has 3 rings (SSSR count). The topological polar surface area (TPSA) is 117 Å². The average Bonchev–Trinajstić information content (AvgIpc) is 3.32. The molecule has 11 heteroatoms. The van der Waals surface area contributed by atoms with Crippen LogP contribution in [0.3, 0.4) is 0 Å². The summed E-state index contributed by atoms with van der Waals surface area (Å²) in [6, 6.07) is 8.96. The summed E-state index contributed by atoms with van der Waals surface area (Å²) in [7, 11) is 2.54. The Morgan fingerprint density at radius 3 is 2.50 bits per heavy atom. The van der Waals surface area contributed by atoms with Gasteiger partial charge < -0.3 is 14.8 Å². The molecule has 36 heavy (non-hydrogen) atoms. The van der Waals surface area contributed by atoms with Crippen LogP contribution in [0.5, 0.6) is 5.75 Å². The van der Waals surface area contributed by atoms with Gasteiger partial charge in [-0.1, -0.05) is 29.8 Å². The Labute approximate surface area is 217 Å². The van der Waals surface area contributed by atoms with Crippen LogP contribution in [0.15, 0.2) is 40.5 Å². The maximum absolute atomic E-state index is 13.2. The molecule has 0 atom stereocenters. The molecule has 0 saturated heterocycles. The second-order valence-electron chi connectivity index (χ2n) is 8.87. The van der Waals surface area contributed by atoms with Crippen LogP contribution in [0.1, 0.15) is 47.2 Å². The number of carbonyl (C=O) groups is 3. The summed E-state index contributed by atoms with van der Waals surface area (Å²) in [5, 5.41) is 5.13. The Hall–Kier alpha value is -3.50. The molecule has 3 aromatic rings. The predicted octanol–water partition coefficient (Wildman–Crippen LogP) is 3.87. The van der Waals surface area contributed by atoms with E-state index in [1.807, 2.05) is 18.2 Å². The van der Waals surface area contributed by atoms with Crippen LogP contribution in [0, 0.1) is 5.41 Å². The van der Waals surface area contributed by atoms with E-state index in [1.165, 1.54) is 18.4 Å². The molecular weight excluding hydrogens is 506 g/mol. The summed E-state index contributed by atoms with van der Waals surface area (Å²) in [6.07, 6.45) is 0.530. The van der Waals surface area contributed by atoms with Crippen molar-refractivity contribution in [1.29, 1.82) is 0 Å². The van der Waals surface area contributed by atoms with Gasteiger partial charge in [0.15, 0.2) is 11.5 Å². The van der Waals surface area contributed by atoms with Crippen LogP contribution in [-0.4, -0.2) is 41.1 Å². The van der Waals surface area contributed by atoms with Crippen molar-refractivity contribution in [2.24, 2.45) is 12.5 Å². The summed E-state index contributed by atoms with van der Waals surface area (Å²) in [5.74, 6) is -2.52. The predicted molar refractivity (Wildman–Crippen MR) is 137 cm³/mol. The molecular formula is C25H26ClN3O6S. The van der Waals surface area contributed by atoms with E-state index in [4.69, 9.17) is 21.1 Å². The van der Waals surface area contributed by atoms with Gasteiger partial charge in [0.1, 0.15) is 0 Å². The summed E-state index contributed by atoms with van der Waals surface area (Å²) >= 11 is 7.35. The van der Waals surface area contributed by atoms with Gasteiger partial charge >= 0.3 is 11.9 Å². The van der Waals surface area contributed by atoms with Gasteiger partial charge in [0.05, 0.1) is 23.0 Å². The van der Waals surface area contributed by atoms with Crippen molar-refractivity contribution >= 4 is 40.8 Å². The van der Waals surface area contributed by atoms with E-state index in [0.29, 0.717) is 22.9 Å². The van der Waals surface area contributed by atoms with Gasteiger partial charge in [-0.15, -0.1) is 11.3 Å². The van der Waals surface area contributed by atoms with E-state index >= 15 is 0 Å². The third-order valence-electron chi connectivity index (χ3n) is 5.19. The van der Waals surface area contributed by atoms with Gasteiger partial charge in [0, 0.05) is 18.6 Å². The van der Waals surface area contributed by atoms with Crippen LogP contribution < -0.4 is 15.6 Å². The number of halogens is 1. The minimum absolute atomic E-state index is 0.0576. The third-order valence-corrected chi connectivity index (χ3v) is 6.46. The fraction of sp³-hybridized carbons (Fsp3) is 0.320. The van der Waals surface area contributed by atoms with Gasteiger partial charge in [0.25, 0.3) is 11.5 Å². The quantitative estimate of drug-likeness (QED) is 0.460. The van der Waals surface area contributed by atoms with Gasteiger partial charge in [-0.05, 0) is 50.3 Å². The molecule has 0 aliphatic heterocycles. The number of aromatic nitrogens is 2. The van der Waals surface area contributed by atoms with Crippen LogP contribution in [0.4, 0.5) is 0 Å². The molecule has 1 N–H and O–H groups in total. The monoisotopic (exact) mass is 531 g/mol. The summed E-state index contributed by atoms with van der Waals surface area (Å²) in [6.45, 7) is 5.17. The average molecular weight is 532 g/mol. The Morgan fingerprint density at radius 2 is 1.86 bits per heavy atom. The molecule has 0 aliphatic rings. The molecule has 0 saturated carbocycles. The van der Waals surface area contributed by atoms with E-state index in [1.54, 1.807) is 38.3 Å². The van der Waals surface area contributed by atoms with Crippen molar-refractivity contribution in [1.82, 2.24) is 14.9 Å². The molecule has 0 radical (unpaired) electrons. The lowest BCUT2D eigenvalue weighted by molar-refractivity contribution is -0.143. The molecule has 2 aromatic heterocycles. The van der Waals surface area contributed by atoms with Gasteiger partial charge in [-0.3, -0.25) is 19.0 Å². The maximum Gasteiger partial charge on any atom is 0.360 e. The highest BCUT2D eigenvalue weighted by molar-refractivity contribution is 7.14. The Morgan fingerprint density at radius 1 is 1.17 bits per heavy atom. The minimum Gasteiger partial charge on any atom is -0.464 e. The number of rotatable bonds is 7. The van der Waals surface area contributed by atoms with Gasteiger partial charge in [-0.25, -0.2) is 9.78 Å². The number of nitrogens with one attached hydrogen (secondary N) is 1. The molecule has 9 nitrogen and oxygen atoms in total. The van der Waals surface area contributed by atoms with E-state index < -0.39 is 34.4 Å². The van der Waals surface area contributed by atoms with Gasteiger partial charge in [0.2, 0.25) is 5.75 Å². The SMILES string of the molecule is COC(=O)c1nc(-c2sccc2C(=O)NCCc2ccccc2Cl)n(C)c(=O)c1OC(=O)C(C)(C)C. The van der Waals surface area contributed by atoms with Crippen LogP contribution in [-0.2, 0) is 23.0 Å². The first-order valence-electron chi connectivity index (χ1n) is 11.0. The number of hydrogen-bond donors (Lipinski definition) is 1. The molecule has 1 amide bonds. The zero-order valence-electron chi connectivity index (χ0n) is 20.5. The van der Waals surface area contributed by atoms with Crippen molar-refractivity contribution in [2.45, 2.75) is 27.2 Å². The highest BCUT2D eigenvalue weighted by Crippen LogP contribution is 2.30. The number of thiophene rings is 1. The number of methoxy groups -OCH3 is 1. The van der Waals surface area contributed by atoms with Gasteiger partial charge in [-0.2, -0.15) is 0 Å². The number of hydrogen-bond acceptors (Lipinski definition) is 8. The number of esters is 2. The normalized spacial score (nSPS) is 11.2. The lowest BCUT2D eigenvalue weighted by atomic mass is 9.97. The van der Waals surface area contributed by atoms with E-state index in [9.17, 15) is 19.2 Å². The minimum atomic E-state index is -0.951. The van der Waals surface area contributed by atoms with E-state index in [0.717, 1.165) is 17.2 Å². The molecule has 0 unspecified atom stereocenters. The first-order valence-corrected chi connectivity index (χ1v) is 12.2. The Balaban J connectivity index is 1.95. The van der Waals surface area contributed by atoms with Crippen LogP contribution >= 0.6 is 22.9 Å². The maximum atomic E-state index is 13.2. The lowest BCUT2D eigenvalue weighted by Crippen LogP contribution is -2.32. The Bertz CT molecular complexity index is 1370. The van der Waals surface area contributed by atoms with Crippen molar-refractivity contribution < 1.29 is 23.9 Å². The molecule has 0 spiro atoms. The zero-order valence-corrected chi connectivity index (χ0v) is 22.1. The first kappa shape index (κ1) is 27.1. The molecule has 1 aromatic carbocycles. The lowest BCUT2D eigenvalue weighted by Gasteiger charge is -2.18. The third kappa shape index (κ3) is 5.83. The largest absolute Gasteiger partial charge is 0.464 e. The summed E-state index contributed by atoms with van der Waals surface area (Å²) < 4.78 is 11.2. The van der Waals surface area contributed by atoms with E-state index in [2.05, 4.69) is 10.3 Å². The standard InChI is InChI=1S/C25H26ClN3O6S/c1-25(2,3)24(33)35-18-17(23(32)34-5)28-20(29(4)22(18)31)19-15(11-13-36-19)21(30)27-12-10-14-8-6-7-9-16(14)26/h6-9,11,13H,10,12H2,1-5H3,(H,27,30). The zero-order chi connectivity index (χ0) is 26.6. The van der Waals surface area contributed by atoms with Crippen molar-refractivity contribution in [2.75, 3.05) is 13.7 Å². The number of ether oxygens (including phenoxy) is 2. The fourth-order valence-electron chi connectivity index (χ4n) is 3.13. The molecule has 0 bridgehead atoms. The fourth-order valence-corrected chi connectivity index (χ4v) is 4.27. The molecule has 0 aliphatic carbocycles. The molecule has 190 valence electrons. The summed E-state index contributed by atoms with van der Waals surface area (Å²) in [4.78, 5) is 55.7. The number of benzene rings is 1. The highest BCUT2D eigenvalue weighted by atomic mass is 35.5. The van der Waals surface area contributed by atoms with E-state index in [-0.39, 0.29) is 17.3 Å². The number of carbonyl (C=O) groups excluding carboxylic acids is 3. The van der Waals surface area contributed by atoms with Crippen LogP contribution in [0.2, 0.25) is 5.02 Å². The highest BCUT2D eigenvalue weighted by Gasteiger charge is 2.31. The second-order valence-corrected chi connectivity index (χ2v) is 10.2. The van der Waals surface area contributed by atoms with Crippen molar-refractivity contribution in [3.8, 4) is 16.5 Å². The number of amides is 1. The van der Waals surface area contributed by atoms with Crippen molar-refractivity contribution in [3.63, 3.8) is 0 Å². The van der Waals surface area contributed by atoms with Crippen molar-refractivity contribution in [3.05, 3.63) is 67.9 Å². The number of nitrogens with zero attached hydrogens (tertiary/aromatic N) is 2. The molecule has 0 fully saturated rings.